The van der Waals surface area contributed by atoms with Gasteiger partial charge in [0.25, 0.3) is 0 Å². The lowest BCUT2D eigenvalue weighted by Crippen LogP contribution is -1.93. The molecular weight excluding hydrogens is 204 g/mol. The highest BCUT2D eigenvalue weighted by molar-refractivity contribution is 5.85. The molecule has 0 aliphatic carbocycles. The van der Waals surface area contributed by atoms with E-state index in [1.54, 1.807) is 6.92 Å². The standard InChI is InChI=1S/C13H14O3/c1-3-15-12-6-4-5-10-8-11(7-9(2)14)16-13(10)12/h4-6,8H,3,7H2,1-2H3. The number of benzene rings is 1. The van der Waals surface area contributed by atoms with Gasteiger partial charge in [0.05, 0.1) is 13.0 Å². The van der Waals surface area contributed by atoms with Crippen molar-refractivity contribution >= 4 is 16.8 Å². The second-order valence-electron chi connectivity index (χ2n) is 3.70. The van der Waals surface area contributed by atoms with E-state index in [2.05, 4.69) is 0 Å². The number of hydrogen-bond donors (Lipinski definition) is 0. The SMILES string of the molecule is CCOc1cccc2cc(CC(C)=O)oc12. The van der Waals surface area contributed by atoms with Crippen LogP contribution in [0.4, 0.5) is 0 Å². The molecule has 0 aliphatic heterocycles. The highest BCUT2D eigenvalue weighted by Crippen LogP contribution is 2.28. The van der Waals surface area contributed by atoms with Crippen LogP contribution < -0.4 is 4.74 Å². The molecule has 3 heteroatoms. The maximum atomic E-state index is 11.0. The van der Waals surface area contributed by atoms with Crippen molar-refractivity contribution in [2.45, 2.75) is 20.3 Å². The van der Waals surface area contributed by atoms with Gasteiger partial charge in [0, 0.05) is 5.39 Å². The Morgan fingerprint density at radius 1 is 1.44 bits per heavy atom. The highest BCUT2D eigenvalue weighted by Gasteiger charge is 2.09. The molecule has 16 heavy (non-hydrogen) atoms. The summed E-state index contributed by atoms with van der Waals surface area (Å²) in [5.41, 5.74) is 0.723. The monoisotopic (exact) mass is 218 g/mol. The van der Waals surface area contributed by atoms with E-state index in [9.17, 15) is 4.79 Å². The molecule has 0 N–H and O–H groups in total. The molecule has 0 saturated carbocycles. The minimum absolute atomic E-state index is 0.0945. The van der Waals surface area contributed by atoms with Crippen molar-refractivity contribution in [2.75, 3.05) is 6.61 Å². The van der Waals surface area contributed by atoms with E-state index in [-0.39, 0.29) is 5.78 Å². The Morgan fingerprint density at radius 3 is 2.94 bits per heavy atom. The van der Waals surface area contributed by atoms with Crippen LogP contribution in [0.3, 0.4) is 0 Å². The zero-order valence-corrected chi connectivity index (χ0v) is 9.45. The predicted octanol–water partition coefficient (Wildman–Crippen LogP) is 2.96. The number of carbonyl (C=O) groups is 1. The summed E-state index contributed by atoms with van der Waals surface area (Å²) >= 11 is 0. The van der Waals surface area contributed by atoms with E-state index in [1.165, 1.54) is 0 Å². The summed E-state index contributed by atoms with van der Waals surface area (Å²) in [6, 6.07) is 7.62. The summed E-state index contributed by atoms with van der Waals surface area (Å²) in [4.78, 5) is 11.0. The number of furan rings is 1. The first-order valence-corrected chi connectivity index (χ1v) is 5.34. The van der Waals surface area contributed by atoms with Gasteiger partial charge in [0.2, 0.25) is 0 Å². The van der Waals surface area contributed by atoms with E-state index in [0.29, 0.717) is 18.8 Å². The van der Waals surface area contributed by atoms with Gasteiger partial charge in [-0.15, -0.1) is 0 Å². The first-order chi connectivity index (χ1) is 7.70. The lowest BCUT2D eigenvalue weighted by atomic mass is 10.2. The van der Waals surface area contributed by atoms with E-state index in [4.69, 9.17) is 9.15 Å². The molecular formula is C13H14O3. The number of rotatable bonds is 4. The van der Waals surface area contributed by atoms with Gasteiger partial charge in [-0.05, 0) is 26.0 Å². The minimum Gasteiger partial charge on any atom is -0.490 e. The van der Waals surface area contributed by atoms with E-state index in [1.807, 2.05) is 31.2 Å². The Morgan fingerprint density at radius 2 is 2.25 bits per heavy atom. The maximum Gasteiger partial charge on any atom is 0.176 e. The van der Waals surface area contributed by atoms with E-state index in [0.717, 1.165) is 16.7 Å². The number of Topliss-reactive ketones (excluding diaryl/α,β-unsaturated/α-hetero) is 1. The van der Waals surface area contributed by atoms with E-state index >= 15 is 0 Å². The van der Waals surface area contributed by atoms with Crippen LogP contribution in [0, 0.1) is 0 Å². The molecule has 84 valence electrons. The molecule has 3 nitrogen and oxygen atoms in total. The highest BCUT2D eigenvalue weighted by atomic mass is 16.5. The van der Waals surface area contributed by atoms with Crippen molar-refractivity contribution in [3.8, 4) is 5.75 Å². The summed E-state index contributed by atoms with van der Waals surface area (Å²) in [6.45, 7) is 4.08. The van der Waals surface area contributed by atoms with Crippen molar-refractivity contribution < 1.29 is 13.9 Å². The summed E-state index contributed by atoms with van der Waals surface area (Å²) < 4.78 is 11.1. The first kappa shape index (κ1) is 10.7. The number of para-hydroxylation sites is 1. The average Bonchev–Trinajstić information content (AvgIpc) is 2.60. The normalized spacial score (nSPS) is 10.6. The quantitative estimate of drug-likeness (QED) is 0.792. The molecule has 0 radical (unpaired) electrons. The Hall–Kier alpha value is -1.77. The predicted molar refractivity (Wildman–Crippen MR) is 61.8 cm³/mol. The van der Waals surface area contributed by atoms with Crippen LogP contribution in [-0.4, -0.2) is 12.4 Å². The summed E-state index contributed by atoms with van der Waals surface area (Å²) in [7, 11) is 0. The molecule has 0 atom stereocenters. The molecule has 0 saturated heterocycles. The molecule has 0 aliphatic rings. The number of ketones is 1. The summed E-state index contributed by atoms with van der Waals surface area (Å²) in [6.07, 6.45) is 0.334. The average molecular weight is 218 g/mol. The smallest absolute Gasteiger partial charge is 0.176 e. The fourth-order valence-electron chi connectivity index (χ4n) is 1.69. The van der Waals surface area contributed by atoms with Gasteiger partial charge in [-0.2, -0.15) is 0 Å². The first-order valence-electron chi connectivity index (χ1n) is 5.34. The van der Waals surface area contributed by atoms with Gasteiger partial charge in [-0.1, -0.05) is 12.1 Å². The number of hydrogen-bond acceptors (Lipinski definition) is 3. The maximum absolute atomic E-state index is 11.0. The van der Waals surface area contributed by atoms with Crippen LogP contribution in [0.2, 0.25) is 0 Å². The second kappa shape index (κ2) is 4.39. The fraction of sp³-hybridized carbons (Fsp3) is 0.308. The van der Waals surface area contributed by atoms with Crippen LogP contribution in [-0.2, 0) is 11.2 Å². The second-order valence-corrected chi connectivity index (χ2v) is 3.70. The third-order valence-corrected chi connectivity index (χ3v) is 2.28. The van der Waals surface area contributed by atoms with Crippen molar-refractivity contribution in [3.05, 3.63) is 30.0 Å². The van der Waals surface area contributed by atoms with Crippen molar-refractivity contribution in [1.82, 2.24) is 0 Å². The molecule has 1 heterocycles. The number of ether oxygens (including phenoxy) is 1. The van der Waals surface area contributed by atoms with Crippen molar-refractivity contribution in [2.24, 2.45) is 0 Å². The van der Waals surface area contributed by atoms with E-state index < -0.39 is 0 Å². The van der Waals surface area contributed by atoms with Gasteiger partial charge < -0.3 is 9.15 Å². The topological polar surface area (TPSA) is 39.4 Å². The van der Waals surface area contributed by atoms with Crippen LogP contribution in [0.1, 0.15) is 19.6 Å². The lowest BCUT2D eigenvalue weighted by molar-refractivity contribution is -0.116. The lowest BCUT2D eigenvalue weighted by Gasteiger charge is -2.02. The fourth-order valence-corrected chi connectivity index (χ4v) is 1.69. The Bertz CT molecular complexity index is 511. The number of carbonyl (C=O) groups excluding carboxylic acids is 1. The zero-order chi connectivity index (χ0) is 11.5. The summed E-state index contributed by atoms with van der Waals surface area (Å²) in [5.74, 6) is 1.52. The molecule has 2 rings (SSSR count). The third kappa shape index (κ3) is 2.08. The molecule has 1 aromatic carbocycles. The van der Waals surface area contributed by atoms with Crippen molar-refractivity contribution in [3.63, 3.8) is 0 Å². The Balaban J connectivity index is 2.43. The van der Waals surface area contributed by atoms with Gasteiger partial charge in [-0.25, -0.2) is 0 Å². The van der Waals surface area contributed by atoms with Crippen LogP contribution in [0.15, 0.2) is 28.7 Å². The molecule has 2 aromatic rings. The van der Waals surface area contributed by atoms with Crippen LogP contribution >= 0.6 is 0 Å². The van der Waals surface area contributed by atoms with Crippen LogP contribution in [0.25, 0.3) is 11.0 Å². The largest absolute Gasteiger partial charge is 0.490 e. The van der Waals surface area contributed by atoms with Gasteiger partial charge in [0.1, 0.15) is 11.5 Å². The molecule has 0 bridgehead atoms. The zero-order valence-electron chi connectivity index (χ0n) is 9.45. The minimum atomic E-state index is 0.0945. The number of fused-ring (bicyclic) bond motifs is 1. The third-order valence-electron chi connectivity index (χ3n) is 2.28. The molecule has 0 spiro atoms. The molecule has 0 unspecified atom stereocenters. The Kier molecular flexibility index (Phi) is 2.95. The molecule has 0 amide bonds. The van der Waals surface area contributed by atoms with Gasteiger partial charge >= 0.3 is 0 Å². The Labute approximate surface area is 94.0 Å². The van der Waals surface area contributed by atoms with Crippen molar-refractivity contribution in [1.29, 1.82) is 0 Å². The summed E-state index contributed by atoms with van der Waals surface area (Å²) in [5, 5.41) is 0.974. The molecule has 0 fully saturated rings. The van der Waals surface area contributed by atoms with Gasteiger partial charge in [-0.3, -0.25) is 4.79 Å². The molecule has 1 aromatic heterocycles. The van der Waals surface area contributed by atoms with Gasteiger partial charge in [0.15, 0.2) is 11.3 Å². The van der Waals surface area contributed by atoms with Crippen LogP contribution in [0.5, 0.6) is 5.75 Å².